The molecule has 0 saturated carbocycles. The highest BCUT2D eigenvalue weighted by atomic mass is 16.4. The van der Waals surface area contributed by atoms with Crippen LogP contribution in [0.25, 0.3) is 0 Å². The molecule has 1 unspecified atom stereocenters. The van der Waals surface area contributed by atoms with Crippen molar-refractivity contribution in [2.75, 3.05) is 24.5 Å². The molecule has 1 saturated heterocycles. The molecule has 1 aliphatic heterocycles. The number of anilines is 1. The first-order valence-corrected chi connectivity index (χ1v) is 6.19. The van der Waals surface area contributed by atoms with Gasteiger partial charge in [-0.1, -0.05) is 13.8 Å². The molecule has 2 rings (SSSR count). The van der Waals surface area contributed by atoms with Gasteiger partial charge in [0.1, 0.15) is 6.26 Å². The predicted molar refractivity (Wildman–Crippen MR) is 64.5 cm³/mol. The number of rotatable bonds is 5. The van der Waals surface area contributed by atoms with Crippen molar-refractivity contribution in [3.63, 3.8) is 0 Å². The van der Waals surface area contributed by atoms with Crippen molar-refractivity contribution in [1.82, 2.24) is 10.3 Å². The van der Waals surface area contributed by atoms with Gasteiger partial charge in [0.15, 0.2) is 0 Å². The quantitative estimate of drug-likeness (QED) is 0.775. The number of hydrogen-bond donors (Lipinski definition) is 1. The summed E-state index contributed by atoms with van der Waals surface area (Å²) in [6.45, 7) is 8.41. The number of oxazole rings is 1. The van der Waals surface area contributed by atoms with Crippen molar-refractivity contribution in [3.05, 3.63) is 12.0 Å². The smallest absolute Gasteiger partial charge is 0.297 e. The van der Waals surface area contributed by atoms with Gasteiger partial charge in [0.25, 0.3) is 6.01 Å². The Morgan fingerprint density at radius 1 is 1.62 bits per heavy atom. The summed E-state index contributed by atoms with van der Waals surface area (Å²) in [6, 6.07) is 0.789. The van der Waals surface area contributed by atoms with Gasteiger partial charge >= 0.3 is 0 Å². The summed E-state index contributed by atoms with van der Waals surface area (Å²) >= 11 is 0. The van der Waals surface area contributed by atoms with Crippen molar-refractivity contribution in [3.8, 4) is 0 Å². The molecule has 1 aliphatic rings. The molecule has 4 heteroatoms. The summed E-state index contributed by atoms with van der Waals surface area (Å²) in [5, 5.41) is 3.32. The van der Waals surface area contributed by atoms with Crippen molar-refractivity contribution in [1.29, 1.82) is 0 Å². The van der Waals surface area contributed by atoms with E-state index in [1.807, 2.05) is 0 Å². The maximum Gasteiger partial charge on any atom is 0.297 e. The van der Waals surface area contributed by atoms with E-state index in [-0.39, 0.29) is 0 Å². The highest BCUT2D eigenvalue weighted by molar-refractivity contribution is 5.28. The van der Waals surface area contributed by atoms with Crippen LogP contribution < -0.4 is 10.2 Å². The standard InChI is InChI=1S/C12H21N3O/c1-3-5-13-7-11-9-16-12(14-11)15-6-4-10(2)8-15/h9-10,13H,3-8H2,1-2H3. The van der Waals surface area contributed by atoms with Crippen molar-refractivity contribution < 1.29 is 4.42 Å². The number of nitrogens with zero attached hydrogens (tertiary/aromatic N) is 2. The zero-order valence-electron chi connectivity index (χ0n) is 10.2. The normalized spacial score (nSPS) is 20.6. The van der Waals surface area contributed by atoms with E-state index in [0.717, 1.165) is 50.2 Å². The Morgan fingerprint density at radius 2 is 2.50 bits per heavy atom. The summed E-state index contributed by atoms with van der Waals surface area (Å²) in [5.41, 5.74) is 1.00. The van der Waals surface area contributed by atoms with E-state index < -0.39 is 0 Å². The fourth-order valence-electron chi connectivity index (χ4n) is 2.02. The van der Waals surface area contributed by atoms with Gasteiger partial charge in [0, 0.05) is 19.6 Å². The molecule has 0 amide bonds. The van der Waals surface area contributed by atoms with Gasteiger partial charge in [-0.2, -0.15) is 4.98 Å². The van der Waals surface area contributed by atoms with Gasteiger partial charge < -0.3 is 14.6 Å². The molecule has 1 N–H and O–H groups in total. The van der Waals surface area contributed by atoms with Gasteiger partial charge in [-0.3, -0.25) is 0 Å². The third-order valence-electron chi connectivity index (χ3n) is 2.97. The molecule has 0 bridgehead atoms. The zero-order valence-corrected chi connectivity index (χ0v) is 10.2. The van der Waals surface area contributed by atoms with E-state index in [9.17, 15) is 0 Å². The van der Waals surface area contributed by atoms with Crippen LogP contribution in [0.5, 0.6) is 0 Å². The van der Waals surface area contributed by atoms with Crippen LogP contribution in [0.3, 0.4) is 0 Å². The van der Waals surface area contributed by atoms with E-state index >= 15 is 0 Å². The maximum atomic E-state index is 5.50. The van der Waals surface area contributed by atoms with Gasteiger partial charge in [-0.15, -0.1) is 0 Å². The molecule has 0 aliphatic carbocycles. The van der Waals surface area contributed by atoms with E-state index in [1.54, 1.807) is 6.26 Å². The van der Waals surface area contributed by atoms with Crippen LogP contribution in [-0.2, 0) is 6.54 Å². The number of hydrogen-bond acceptors (Lipinski definition) is 4. The van der Waals surface area contributed by atoms with E-state index in [0.29, 0.717) is 0 Å². The zero-order chi connectivity index (χ0) is 11.4. The molecule has 4 nitrogen and oxygen atoms in total. The molecular weight excluding hydrogens is 202 g/mol. The molecular formula is C12H21N3O. The van der Waals surface area contributed by atoms with Gasteiger partial charge in [0.05, 0.1) is 5.69 Å². The molecule has 0 spiro atoms. The first-order valence-electron chi connectivity index (χ1n) is 6.19. The van der Waals surface area contributed by atoms with Gasteiger partial charge in [-0.25, -0.2) is 0 Å². The molecule has 2 heterocycles. The molecule has 1 aromatic heterocycles. The third kappa shape index (κ3) is 2.76. The largest absolute Gasteiger partial charge is 0.432 e. The van der Waals surface area contributed by atoms with E-state index in [4.69, 9.17) is 4.42 Å². The summed E-state index contributed by atoms with van der Waals surface area (Å²) in [4.78, 5) is 6.73. The second kappa shape index (κ2) is 5.34. The minimum Gasteiger partial charge on any atom is -0.432 e. The monoisotopic (exact) mass is 223 g/mol. The van der Waals surface area contributed by atoms with Crippen LogP contribution >= 0.6 is 0 Å². The van der Waals surface area contributed by atoms with Crippen LogP contribution in [0.15, 0.2) is 10.7 Å². The molecule has 1 aromatic rings. The van der Waals surface area contributed by atoms with Crippen LogP contribution in [-0.4, -0.2) is 24.6 Å². The molecule has 1 fully saturated rings. The minimum atomic E-state index is 0.758. The Kier molecular flexibility index (Phi) is 3.83. The fourth-order valence-corrected chi connectivity index (χ4v) is 2.02. The topological polar surface area (TPSA) is 41.3 Å². The molecule has 90 valence electrons. The Morgan fingerprint density at radius 3 is 3.19 bits per heavy atom. The molecule has 16 heavy (non-hydrogen) atoms. The Labute approximate surface area is 97.0 Å². The maximum absolute atomic E-state index is 5.50. The Hall–Kier alpha value is -1.03. The van der Waals surface area contributed by atoms with Crippen LogP contribution in [0.4, 0.5) is 6.01 Å². The number of aromatic nitrogens is 1. The van der Waals surface area contributed by atoms with Gasteiger partial charge in [0.2, 0.25) is 0 Å². The lowest BCUT2D eigenvalue weighted by molar-refractivity contribution is 0.541. The van der Waals surface area contributed by atoms with Crippen LogP contribution in [0.2, 0.25) is 0 Å². The lowest BCUT2D eigenvalue weighted by atomic mass is 10.2. The molecule has 1 atom stereocenters. The first kappa shape index (κ1) is 11.5. The summed E-state index contributed by atoms with van der Waals surface area (Å²) in [7, 11) is 0. The van der Waals surface area contributed by atoms with Crippen molar-refractivity contribution >= 4 is 6.01 Å². The number of nitrogens with one attached hydrogen (secondary N) is 1. The minimum absolute atomic E-state index is 0.758. The highest BCUT2D eigenvalue weighted by Gasteiger charge is 2.22. The summed E-state index contributed by atoms with van der Waals surface area (Å²) in [5.74, 6) is 0.758. The lowest BCUT2D eigenvalue weighted by Crippen LogP contribution is -2.19. The fraction of sp³-hybridized carbons (Fsp3) is 0.750. The summed E-state index contributed by atoms with van der Waals surface area (Å²) in [6.07, 6.45) is 4.15. The van der Waals surface area contributed by atoms with Crippen LogP contribution in [0, 0.1) is 5.92 Å². The second-order valence-electron chi connectivity index (χ2n) is 4.64. The first-order chi connectivity index (χ1) is 7.79. The molecule has 0 aromatic carbocycles. The van der Waals surface area contributed by atoms with Crippen LogP contribution in [0.1, 0.15) is 32.4 Å². The van der Waals surface area contributed by atoms with Crippen molar-refractivity contribution in [2.24, 2.45) is 5.92 Å². The molecule has 0 radical (unpaired) electrons. The van der Waals surface area contributed by atoms with E-state index in [2.05, 4.69) is 29.0 Å². The average Bonchev–Trinajstić information content (AvgIpc) is 2.87. The second-order valence-corrected chi connectivity index (χ2v) is 4.64. The van der Waals surface area contributed by atoms with E-state index in [1.165, 1.54) is 6.42 Å². The average molecular weight is 223 g/mol. The Balaban J connectivity index is 1.87. The lowest BCUT2D eigenvalue weighted by Gasteiger charge is -2.11. The summed E-state index contributed by atoms with van der Waals surface area (Å²) < 4.78 is 5.50. The van der Waals surface area contributed by atoms with Gasteiger partial charge in [-0.05, 0) is 25.3 Å². The highest BCUT2D eigenvalue weighted by Crippen LogP contribution is 2.22. The third-order valence-corrected chi connectivity index (χ3v) is 2.97. The SMILES string of the molecule is CCCNCc1coc(N2CCC(C)C2)n1. The van der Waals surface area contributed by atoms with Crippen molar-refractivity contribution in [2.45, 2.75) is 33.2 Å². The Bertz CT molecular complexity index is 324. The predicted octanol–water partition coefficient (Wildman–Crippen LogP) is 2.02.